The zero-order chi connectivity index (χ0) is 13.9. The molecule has 9 heteroatoms. The summed E-state index contributed by atoms with van der Waals surface area (Å²) in [5, 5.41) is 0. The molecule has 20 heavy (non-hydrogen) atoms. The van der Waals surface area contributed by atoms with Gasteiger partial charge < -0.3 is 22.3 Å². The summed E-state index contributed by atoms with van der Waals surface area (Å²) in [6, 6.07) is 0.966. The normalized spacial score (nSPS) is 11.0. The third-order valence-electron chi connectivity index (χ3n) is 2.64. The van der Waals surface area contributed by atoms with Gasteiger partial charge >= 0.3 is 58.4 Å². The molecule has 0 saturated heterocycles. The smallest absolute Gasteiger partial charge is 0.490 e. The van der Waals surface area contributed by atoms with Crippen LogP contribution in [0.3, 0.4) is 0 Å². The first-order valence-corrected chi connectivity index (χ1v) is 5.72. The summed E-state index contributed by atoms with van der Waals surface area (Å²) in [6.45, 7) is -2.43. The Bertz CT molecular complexity index is 562. The predicted octanol–water partition coefficient (Wildman–Crippen LogP) is -1.28. The molecule has 0 aliphatic rings. The van der Waals surface area contributed by atoms with E-state index in [1.807, 2.05) is 11.5 Å². The van der Waals surface area contributed by atoms with E-state index in [9.17, 15) is 12.9 Å². The number of imidazole rings is 1. The predicted molar refractivity (Wildman–Crippen MR) is 65.4 cm³/mol. The Morgan fingerprint density at radius 1 is 1.30 bits per heavy atom. The molecule has 0 amide bonds. The van der Waals surface area contributed by atoms with E-state index in [0.717, 1.165) is 18.1 Å². The van der Waals surface area contributed by atoms with Crippen molar-refractivity contribution in [2.45, 2.75) is 13.5 Å². The number of nitrogens with zero attached hydrogens (tertiary/aromatic N) is 3. The van der Waals surface area contributed by atoms with Crippen LogP contribution >= 0.6 is 0 Å². The van der Waals surface area contributed by atoms with Crippen LogP contribution in [-0.4, -0.2) is 28.1 Å². The van der Waals surface area contributed by atoms with Gasteiger partial charge in [0.05, 0.1) is 12.7 Å². The van der Waals surface area contributed by atoms with E-state index in [4.69, 9.17) is 4.74 Å². The maximum atomic E-state index is 12.5. The summed E-state index contributed by atoms with van der Waals surface area (Å²) in [6.07, 6.45) is 5.51. The van der Waals surface area contributed by atoms with Crippen LogP contribution in [0.5, 0.6) is 5.75 Å². The topological polar surface area (TPSA) is 39.9 Å². The number of rotatable bonds is 5. The van der Waals surface area contributed by atoms with Crippen molar-refractivity contribution < 1.29 is 69.1 Å². The van der Waals surface area contributed by atoms with Gasteiger partial charge in [-0.2, -0.15) is 0 Å². The molecular formula is C11H12BF3KN3O. The molecule has 0 aromatic carbocycles. The molecule has 102 valence electrons. The Morgan fingerprint density at radius 2 is 2.05 bits per heavy atom. The standard InChI is InChI=1S/C11H12BF3N3O.K/c1-9-17-2-3-18(9)4-5-19-11-6-10(7-16-8-11)12(13,14)15;/h2-3,6-8H,4-5H2,1H3;/q-1;+1. The zero-order valence-electron chi connectivity index (χ0n) is 11.3. The van der Waals surface area contributed by atoms with Gasteiger partial charge in [0.25, 0.3) is 0 Å². The van der Waals surface area contributed by atoms with Crippen molar-refractivity contribution >= 4 is 12.4 Å². The monoisotopic (exact) mass is 309 g/mol. The molecule has 0 aliphatic heterocycles. The van der Waals surface area contributed by atoms with Crippen LogP contribution in [0, 0.1) is 6.92 Å². The van der Waals surface area contributed by atoms with E-state index in [2.05, 4.69) is 9.97 Å². The van der Waals surface area contributed by atoms with Gasteiger partial charge in [-0.05, 0) is 13.0 Å². The number of aromatic nitrogens is 3. The molecule has 0 saturated carbocycles. The van der Waals surface area contributed by atoms with Crippen molar-refractivity contribution in [1.29, 1.82) is 0 Å². The molecule has 4 nitrogen and oxygen atoms in total. The maximum Gasteiger partial charge on any atom is 1.00 e. The zero-order valence-corrected chi connectivity index (χ0v) is 14.4. The van der Waals surface area contributed by atoms with Gasteiger partial charge in [0.1, 0.15) is 18.2 Å². The van der Waals surface area contributed by atoms with Crippen molar-refractivity contribution in [2.75, 3.05) is 6.61 Å². The first kappa shape index (κ1) is 17.7. The van der Waals surface area contributed by atoms with Gasteiger partial charge in [0.2, 0.25) is 0 Å². The van der Waals surface area contributed by atoms with E-state index in [0.29, 0.717) is 6.54 Å². The second-order valence-corrected chi connectivity index (χ2v) is 4.05. The Labute approximate surface area is 157 Å². The van der Waals surface area contributed by atoms with E-state index in [1.54, 1.807) is 12.4 Å². The molecule has 0 N–H and O–H groups in total. The molecule has 2 rings (SSSR count). The summed E-state index contributed by atoms with van der Waals surface area (Å²) >= 11 is 0. The van der Waals surface area contributed by atoms with Crippen molar-refractivity contribution in [1.82, 2.24) is 14.5 Å². The number of halogens is 3. The molecule has 2 aromatic rings. The van der Waals surface area contributed by atoms with Gasteiger partial charge in [-0.1, -0.05) is 5.46 Å². The number of hydrogen-bond donors (Lipinski definition) is 0. The van der Waals surface area contributed by atoms with Crippen LogP contribution in [0.25, 0.3) is 0 Å². The van der Waals surface area contributed by atoms with Gasteiger partial charge in [0.15, 0.2) is 0 Å². The minimum absolute atomic E-state index is 0. The largest absolute Gasteiger partial charge is 1.00 e. The van der Waals surface area contributed by atoms with E-state index < -0.39 is 12.4 Å². The number of hydrogen-bond acceptors (Lipinski definition) is 3. The first-order chi connectivity index (χ1) is 8.97. The Kier molecular flexibility index (Phi) is 6.73. The summed E-state index contributed by atoms with van der Waals surface area (Å²) in [4.78, 5) is 7.57. The summed E-state index contributed by atoms with van der Waals surface area (Å²) in [7, 11) is 0. The fraction of sp³-hybridized carbons (Fsp3) is 0.273. The first-order valence-electron chi connectivity index (χ1n) is 5.72. The quantitative estimate of drug-likeness (QED) is 0.646. The third kappa shape index (κ3) is 4.89. The average Bonchev–Trinajstić information content (AvgIpc) is 2.75. The number of aryl methyl sites for hydroxylation is 1. The van der Waals surface area contributed by atoms with Gasteiger partial charge in [-0.3, -0.25) is 4.98 Å². The van der Waals surface area contributed by atoms with E-state index >= 15 is 0 Å². The Morgan fingerprint density at radius 3 is 2.65 bits per heavy atom. The molecule has 0 aliphatic carbocycles. The summed E-state index contributed by atoms with van der Waals surface area (Å²) < 4.78 is 44.7. The summed E-state index contributed by atoms with van der Waals surface area (Å²) in [5.74, 6) is 0.948. The van der Waals surface area contributed by atoms with Crippen molar-refractivity contribution in [3.05, 3.63) is 36.7 Å². The molecule has 0 fully saturated rings. The third-order valence-corrected chi connectivity index (χ3v) is 2.64. The van der Waals surface area contributed by atoms with Crippen LogP contribution in [0.1, 0.15) is 5.82 Å². The minimum atomic E-state index is -5.05. The second kappa shape index (κ2) is 7.60. The molecular weight excluding hydrogens is 297 g/mol. The van der Waals surface area contributed by atoms with Crippen LogP contribution < -0.4 is 61.6 Å². The molecule has 0 atom stereocenters. The van der Waals surface area contributed by atoms with Gasteiger partial charge in [0, 0.05) is 18.6 Å². The van der Waals surface area contributed by atoms with Crippen molar-refractivity contribution in [3.8, 4) is 5.75 Å². The molecule has 0 spiro atoms. The van der Waals surface area contributed by atoms with Crippen LogP contribution in [-0.2, 0) is 6.54 Å². The second-order valence-electron chi connectivity index (χ2n) is 4.05. The van der Waals surface area contributed by atoms with E-state index in [-0.39, 0.29) is 63.7 Å². The minimum Gasteiger partial charge on any atom is -0.490 e. The average molecular weight is 309 g/mol. The van der Waals surface area contributed by atoms with Crippen LogP contribution in [0.4, 0.5) is 12.9 Å². The molecule has 0 radical (unpaired) electrons. The van der Waals surface area contributed by atoms with E-state index in [1.165, 1.54) is 6.20 Å². The molecule has 0 unspecified atom stereocenters. The molecule has 2 aromatic heterocycles. The number of ether oxygens (including phenoxy) is 1. The maximum absolute atomic E-state index is 12.5. The van der Waals surface area contributed by atoms with Crippen molar-refractivity contribution in [2.24, 2.45) is 0 Å². The molecule has 0 bridgehead atoms. The van der Waals surface area contributed by atoms with Gasteiger partial charge in [-0.25, -0.2) is 4.98 Å². The fourth-order valence-electron chi connectivity index (χ4n) is 1.60. The van der Waals surface area contributed by atoms with Crippen LogP contribution in [0.2, 0.25) is 0 Å². The number of pyridine rings is 1. The Hall–Kier alpha value is -0.349. The molecule has 2 heterocycles. The van der Waals surface area contributed by atoms with Gasteiger partial charge in [-0.15, -0.1) is 0 Å². The summed E-state index contributed by atoms with van der Waals surface area (Å²) in [5.41, 5.74) is -0.753. The Balaban J connectivity index is 0.00000200. The SMILES string of the molecule is Cc1nccn1CCOc1cncc([B-](F)(F)F)c1.[K+]. The fourth-order valence-corrected chi connectivity index (χ4v) is 1.60. The van der Waals surface area contributed by atoms with Crippen molar-refractivity contribution in [3.63, 3.8) is 0 Å². The van der Waals surface area contributed by atoms with Crippen LogP contribution in [0.15, 0.2) is 30.9 Å².